The van der Waals surface area contributed by atoms with Crippen molar-refractivity contribution in [3.8, 4) is 0 Å². The predicted molar refractivity (Wildman–Crippen MR) is 105 cm³/mol. The molecule has 0 saturated carbocycles. The number of morpholine rings is 1. The maximum absolute atomic E-state index is 10.2. The number of hydrogen-bond donors (Lipinski definition) is 3. The Hall–Kier alpha value is -2.18. The molecule has 6 nitrogen and oxygen atoms in total. The largest absolute Gasteiger partial charge is 0.389 e. The molecule has 3 heterocycles. The summed E-state index contributed by atoms with van der Waals surface area (Å²) in [6.45, 7) is 9.34. The number of hydrogen-bond acceptors (Lipinski definition) is 6. The summed E-state index contributed by atoms with van der Waals surface area (Å²) >= 11 is 0. The number of allylic oxidation sites excluding steroid dienone is 2. The number of ether oxygens (including phenoxy) is 1. The molecule has 26 heavy (non-hydrogen) atoms. The molecule has 1 fully saturated rings. The van der Waals surface area contributed by atoms with E-state index in [0.29, 0.717) is 6.54 Å². The van der Waals surface area contributed by atoms with Gasteiger partial charge in [0.1, 0.15) is 5.82 Å². The first kappa shape index (κ1) is 17.2. The lowest BCUT2D eigenvalue weighted by molar-refractivity contribution is 0.0505. The van der Waals surface area contributed by atoms with E-state index in [1.165, 1.54) is 17.0 Å². The fourth-order valence-electron chi connectivity index (χ4n) is 3.72. The molecule has 0 amide bonds. The summed E-state index contributed by atoms with van der Waals surface area (Å²) in [4.78, 5) is 4.54. The highest BCUT2D eigenvalue weighted by atomic mass is 16.5. The van der Waals surface area contributed by atoms with Crippen LogP contribution in [-0.4, -0.2) is 61.7 Å². The first-order chi connectivity index (χ1) is 12.5. The SMILES string of the molecule is CC(C)(O)CN1CNc2ccc(C3=CC=C(N4CCOCC4)NC3)cc21. The number of nitrogens with zero attached hydrogens (tertiary/aromatic N) is 2. The average Bonchev–Trinajstić information content (AvgIpc) is 3.03. The van der Waals surface area contributed by atoms with E-state index < -0.39 is 5.60 Å². The topological polar surface area (TPSA) is 60.0 Å². The van der Waals surface area contributed by atoms with E-state index in [9.17, 15) is 5.11 Å². The van der Waals surface area contributed by atoms with Gasteiger partial charge in [0.15, 0.2) is 0 Å². The van der Waals surface area contributed by atoms with Crippen molar-refractivity contribution in [1.82, 2.24) is 10.2 Å². The molecule has 1 aromatic rings. The molecule has 4 rings (SSSR count). The van der Waals surface area contributed by atoms with Crippen molar-refractivity contribution in [1.29, 1.82) is 0 Å². The Morgan fingerprint density at radius 1 is 1.15 bits per heavy atom. The first-order valence-electron chi connectivity index (χ1n) is 9.33. The zero-order chi connectivity index (χ0) is 18.1. The second-order valence-corrected chi connectivity index (χ2v) is 7.77. The van der Waals surface area contributed by atoms with Crippen LogP contribution in [0.4, 0.5) is 11.4 Å². The fraction of sp³-hybridized carbons (Fsp3) is 0.500. The van der Waals surface area contributed by atoms with E-state index in [-0.39, 0.29) is 0 Å². The summed E-state index contributed by atoms with van der Waals surface area (Å²) in [5.74, 6) is 1.18. The van der Waals surface area contributed by atoms with Crippen molar-refractivity contribution in [2.45, 2.75) is 19.4 Å². The minimum absolute atomic E-state index is 0.606. The second-order valence-electron chi connectivity index (χ2n) is 7.77. The monoisotopic (exact) mass is 356 g/mol. The number of aliphatic hydroxyl groups is 1. The number of β-amino-alcohol motifs (C(OH)–C–C–N with tert-alkyl or cyclic N) is 1. The third kappa shape index (κ3) is 3.66. The molecule has 0 atom stereocenters. The molecule has 3 N–H and O–H groups in total. The summed E-state index contributed by atoms with van der Waals surface area (Å²) in [6.07, 6.45) is 4.38. The van der Waals surface area contributed by atoms with Crippen molar-refractivity contribution in [2.75, 3.05) is 56.3 Å². The zero-order valence-electron chi connectivity index (χ0n) is 15.6. The lowest BCUT2D eigenvalue weighted by atomic mass is 10.0. The van der Waals surface area contributed by atoms with Gasteiger partial charge in [-0.3, -0.25) is 0 Å². The maximum atomic E-state index is 10.2. The van der Waals surface area contributed by atoms with E-state index in [4.69, 9.17) is 4.74 Å². The van der Waals surface area contributed by atoms with Crippen molar-refractivity contribution < 1.29 is 9.84 Å². The van der Waals surface area contributed by atoms with Crippen LogP contribution < -0.4 is 15.5 Å². The Morgan fingerprint density at radius 2 is 1.96 bits per heavy atom. The number of fused-ring (bicyclic) bond motifs is 1. The molecule has 0 bridgehead atoms. The van der Waals surface area contributed by atoms with Gasteiger partial charge in [0.2, 0.25) is 0 Å². The average molecular weight is 356 g/mol. The van der Waals surface area contributed by atoms with Gasteiger partial charge in [-0.1, -0.05) is 12.1 Å². The van der Waals surface area contributed by atoms with Gasteiger partial charge < -0.3 is 30.3 Å². The lowest BCUT2D eigenvalue weighted by Gasteiger charge is -2.33. The first-order valence-corrected chi connectivity index (χ1v) is 9.33. The molecule has 0 unspecified atom stereocenters. The van der Waals surface area contributed by atoms with Crippen LogP contribution in [-0.2, 0) is 4.74 Å². The van der Waals surface area contributed by atoms with Crippen LogP contribution in [0.1, 0.15) is 19.4 Å². The van der Waals surface area contributed by atoms with Crippen LogP contribution in [0.25, 0.3) is 5.57 Å². The van der Waals surface area contributed by atoms with Crippen molar-refractivity contribution >= 4 is 16.9 Å². The zero-order valence-corrected chi connectivity index (χ0v) is 15.6. The van der Waals surface area contributed by atoms with Gasteiger partial charge in [-0.05, 0) is 43.2 Å². The van der Waals surface area contributed by atoms with Crippen LogP contribution in [0.2, 0.25) is 0 Å². The minimum atomic E-state index is -0.721. The molecule has 3 aliphatic rings. The Bertz CT molecular complexity index is 730. The number of dihydropyridines is 1. The molecule has 0 spiro atoms. The Kier molecular flexibility index (Phi) is 4.54. The maximum Gasteiger partial charge on any atom is 0.102 e. The van der Waals surface area contributed by atoms with Gasteiger partial charge in [-0.15, -0.1) is 0 Å². The third-order valence-corrected chi connectivity index (χ3v) is 5.00. The highest BCUT2D eigenvalue weighted by Crippen LogP contribution is 2.35. The molecule has 1 saturated heterocycles. The fourth-order valence-corrected chi connectivity index (χ4v) is 3.72. The van der Waals surface area contributed by atoms with Gasteiger partial charge in [0, 0.05) is 26.2 Å². The van der Waals surface area contributed by atoms with Crippen LogP contribution >= 0.6 is 0 Å². The summed E-state index contributed by atoms with van der Waals surface area (Å²) in [6, 6.07) is 6.53. The molecular formula is C20H28N4O2. The van der Waals surface area contributed by atoms with Crippen LogP contribution in [0.5, 0.6) is 0 Å². The van der Waals surface area contributed by atoms with Gasteiger partial charge in [0.05, 0.1) is 36.9 Å². The molecule has 3 aliphatic heterocycles. The van der Waals surface area contributed by atoms with Gasteiger partial charge in [-0.2, -0.15) is 0 Å². The molecule has 6 heteroatoms. The quantitative estimate of drug-likeness (QED) is 0.765. The minimum Gasteiger partial charge on any atom is -0.389 e. The van der Waals surface area contributed by atoms with Gasteiger partial charge >= 0.3 is 0 Å². The molecular weight excluding hydrogens is 328 g/mol. The number of anilines is 2. The summed E-state index contributed by atoms with van der Waals surface area (Å²) in [7, 11) is 0. The number of nitrogens with one attached hydrogen (secondary N) is 2. The number of rotatable bonds is 4. The summed E-state index contributed by atoms with van der Waals surface area (Å²) in [5, 5.41) is 17.1. The standard InChI is InChI=1S/C20H28N4O2/c1-20(2,25)13-24-14-22-17-5-3-15(11-18(17)24)16-4-6-19(21-12-16)23-7-9-26-10-8-23/h3-6,11,21-22,25H,7-10,12-14H2,1-2H3. The molecule has 0 radical (unpaired) electrons. The molecule has 1 aromatic carbocycles. The smallest absolute Gasteiger partial charge is 0.102 e. The molecule has 0 aliphatic carbocycles. The predicted octanol–water partition coefficient (Wildman–Crippen LogP) is 1.81. The van der Waals surface area contributed by atoms with Crippen molar-refractivity contribution in [3.63, 3.8) is 0 Å². The van der Waals surface area contributed by atoms with E-state index in [0.717, 1.165) is 50.9 Å². The normalized spacial score (nSPS) is 20.1. The Morgan fingerprint density at radius 3 is 2.65 bits per heavy atom. The van der Waals surface area contributed by atoms with Gasteiger partial charge in [0.25, 0.3) is 0 Å². The van der Waals surface area contributed by atoms with E-state index in [2.05, 4.69) is 50.8 Å². The van der Waals surface area contributed by atoms with Crippen molar-refractivity contribution in [3.05, 3.63) is 41.7 Å². The van der Waals surface area contributed by atoms with Gasteiger partial charge in [-0.25, -0.2) is 0 Å². The van der Waals surface area contributed by atoms with E-state index >= 15 is 0 Å². The number of benzene rings is 1. The van der Waals surface area contributed by atoms with Crippen LogP contribution in [0.15, 0.2) is 36.2 Å². The highest BCUT2D eigenvalue weighted by Gasteiger charge is 2.25. The van der Waals surface area contributed by atoms with Crippen molar-refractivity contribution in [2.24, 2.45) is 0 Å². The Balaban J connectivity index is 1.53. The van der Waals surface area contributed by atoms with Crippen LogP contribution in [0, 0.1) is 0 Å². The summed E-state index contributed by atoms with van der Waals surface area (Å²) in [5.41, 5.74) is 4.07. The lowest BCUT2D eigenvalue weighted by Crippen LogP contribution is -2.41. The second kappa shape index (κ2) is 6.85. The van der Waals surface area contributed by atoms with Crippen LogP contribution in [0.3, 0.4) is 0 Å². The summed E-state index contributed by atoms with van der Waals surface area (Å²) < 4.78 is 5.43. The molecule has 140 valence electrons. The third-order valence-electron chi connectivity index (χ3n) is 5.00. The van der Waals surface area contributed by atoms with E-state index in [1.807, 2.05) is 13.8 Å². The Labute approximate surface area is 155 Å². The van der Waals surface area contributed by atoms with E-state index in [1.54, 1.807) is 0 Å². The molecule has 0 aromatic heterocycles. The highest BCUT2D eigenvalue weighted by molar-refractivity contribution is 5.81.